The number of ether oxygens (including phenoxy) is 2. The van der Waals surface area contributed by atoms with E-state index in [4.69, 9.17) is 26.8 Å². The number of rotatable bonds is 7. The molecule has 26 heavy (non-hydrogen) atoms. The van der Waals surface area contributed by atoms with Gasteiger partial charge in [-0.3, -0.25) is 9.59 Å². The number of hydrogen-bond donors (Lipinski definition) is 3. The van der Waals surface area contributed by atoms with Gasteiger partial charge in [-0.15, -0.1) is 0 Å². The van der Waals surface area contributed by atoms with Crippen molar-refractivity contribution in [2.75, 3.05) is 13.7 Å². The number of methoxy groups -OCH3 is 1. The molecule has 0 aromatic heterocycles. The Hall–Kier alpha value is -3.26. The Balaban J connectivity index is 2.06. The molecule has 0 aliphatic rings. The minimum Gasteiger partial charge on any atom is -0.507 e. The van der Waals surface area contributed by atoms with Gasteiger partial charge >= 0.3 is 0 Å². The molecule has 0 heterocycles. The predicted octanol–water partition coefficient (Wildman–Crippen LogP) is 1.68. The molecule has 0 spiro atoms. The molecule has 4 N–H and O–H groups in total. The van der Waals surface area contributed by atoms with Gasteiger partial charge in [-0.2, -0.15) is 5.10 Å². The summed E-state index contributed by atoms with van der Waals surface area (Å²) in [5, 5.41) is 13.8. The minimum absolute atomic E-state index is 0.00225. The van der Waals surface area contributed by atoms with E-state index in [0.717, 1.165) is 0 Å². The number of primary amides is 1. The van der Waals surface area contributed by atoms with Crippen molar-refractivity contribution in [1.29, 1.82) is 0 Å². The Kier molecular flexibility index (Phi) is 6.40. The number of hydrogen-bond acceptors (Lipinski definition) is 6. The Morgan fingerprint density at radius 1 is 1.27 bits per heavy atom. The van der Waals surface area contributed by atoms with Crippen LogP contribution in [-0.4, -0.2) is 36.9 Å². The number of benzene rings is 2. The third-order valence-electron chi connectivity index (χ3n) is 3.14. The molecule has 9 heteroatoms. The first-order chi connectivity index (χ1) is 12.4. The minimum atomic E-state index is -0.616. The second-order valence-corrected chi connectivity index (χ2v) is 5.46. The summed E-state index contributed by atoms with van der Waals surface area (Å²) in [5.74, 6) is -0.718. The standard InChI is InChI=1S/C17H16ClN3O5/c1-25-15-6-10(2-5-14(15)26-9-16(19)23)8-20-21-17(24)12-7-11(18)3-4-13(12)22/h2-8,22H,9H2,1H3,(H2,19,23)(H,21,24)/b20-8-. The average molecular weight is 378 g/mol. The summed E-state index contributed by atoms with van der Waals surface area (Å²) in [7, 11) is 1.44. The van der Waals surface area contributed by atoms with E-state index >= 15 is 0 Å². The molecule has 0 aliphatic heterocycles. The molecule has 0 radical (unpaired) electrons. The number of carbonyl (C=O) groups excluding carboxylic acids is 2. The number of aromatic hydroxyl groups is 1. The summed E-state index contributed by atoms with van der Waals surface area (Å²) in [5.41, 5.74) is 7.92. The Labute approximate surface area is 154 Å². The van der Waals surface area contributed by atoms with Crippen LogP contribution < -0.4 is 20.6 Å². The van der Waals surface area contributed by atoms with Gasteiger partial charge in [0.05, 0.1) is 18.9 Å². The molecule has 2 rings (SSSR count). The lowest BCUT2D eigenvalue weighted by molar-refractivity contribution is -0.119. The first-order valence-electron chi connectivity index (χ1n) is 7.31. The highest BCUT2D eigenvalue weighted by Crippen LogP contribution is 2.27. The lowest BCUT2D eigenvalue weighted by atomic mass is 10.2. The monoisotopic (exact) mass is 377 g/mol. The summed E-state index contributed by atoms with van der Waals surface area (Å²) >= 11 is 5.80. The van der Waals surface area contributed by atoms with E-state index < -0.39 is 11.8 Å². The number of carbonyl (C=O) groups is 2. The number of nitrogens with two attached hydrogens (primary N) is 1. The fraction of sp³-hybridized carbons (Fsp3) is 0.118. The van der Waals surface area contributed by atoms with Crippen LogP contribution in [0, 0.1) is 0 Å². The van der Waals surface area contributed by atoms with Crippen LogP contribution in [0.15, 0.2) is 41.5 Å². The van der Waals surface area contributed by atoms with Crippen LogP contribution in [0.5, 0.6) is 17.2 Å². The average Bonchev–Trinajstić information content (AvgIpc) is 2.62. The molecular weight excluding hydrogens is 362 g/mol. The highest BCUT2D eigenvalue weighted by atomic mass is 35.5. The van der Waals surface area contributed by atoms with E-state index in [2.05, 4.69) is 10.5 Å². The first kappa shape index (κ1) is 19.1. The van der Waals surface area contributed by atoms with Crippen molar-refractivity contribution < 1.29 is 24.2 Å². The molecule has 8 nitrogen and oxygen atoms in total. The molecule has 2 amide bonds. The molecule has 0 aliphatic carbocycles. The number of phenolic OH excluding ortho intramolecular Hbond substituents is 1. The van der Waals surface area contributed by atoms with Crippen molar-refractivity contribution in [1.82, 2.24) is 5.43 Å². The van der Waals surface area contributed by atoms with Crippen molar-refractivity contribution in [3.8, 4) is 17.2 Å². The number of nitrogens with one attached hydrogen (secondary N) is 1. The van der Waals surface area contributed by atoms with Gasteiger partial charge in [-0.25, -0.2) is 5.43 Å². The van der Waals surface area contributed by atoms with Gasteiger partial charge in [0.1, 0.15) is 5.75 Å². The topological polar surface area (TPSA) is 123 Å². The van der Waals surface area contributed by atoms with Gasteiger partial charge in [0, 0.05) is 5.02 Å². The summed E-state index contributed by atoms with van der Waals surface area (Å²) in [6, 6.07) is 8.93. The zero-order valence-corrected chi connectivity index (χ0v) is 14.5. The van der Waals surface area contributed by atoms with Crippen LogP contribution in [-0.2, 0) is 4.79 Å². The van der Waals surface area contributed by atoms with E-state index in [0.29, 0.717) is 22.1 Å². The molecule has 0 atom stereocenters. The third-order valence-corrected chi connectivity index (χ3v) is 3.38. The van der Waals surface area contributed by atoms with Crippen molar-refractivity contribution in [2.24, 2.45) is 10.8 Å². The van der Waals surface area contributed by atoms with Crippen molar-refractivity contribution >= 4 is 29.6 Å². The number of phenols is 1. The SMILES string of the molecule is COc1cc(/C=N\NC(=O)c2cc(Cl)ccc2O)ccc1OCC(N)=O. The van der Waals surface area contributed by atoms with Gasteiger partial charge in [-0.1, -0.05) is 11.6 Å². The summed E-state index contributed by atoms with van der Waals surface area (Å²) in [6.45, 7) is -0.275. The largest absolute Gasteiger partial charge is 0.507 e. The van der Waals surface area contributed by atoms with Crippen LogP contribution in [0.1, 0.15) is 15.9 Å². The zero-order chi connectivity index (χ0) is 19.1. The number of amides is 2. The third kappa shape index (κ3) is 5.12. The van der Waals surface area contributed by atoms with Crippen LogP contribution in [0.4, 0.5) is 0 Å². The highest BCUT2D eigenvalue weighted by molar-refractivity contribution is 6.31. The van der Waals surface area contributed by atoms with Crippen LogP contribution >= 0.6 is 11.6 Å². The quantitative estimate of drug-likeness (QED) is 0.500. The summed E-state index contributed by atoms with van der Waals surface area (Å²) in [4.78, 5) is 22.8. The Morgan fingerprint density at radius 2 is 2.04 bits per heavy atom. The first-order valence-corrected chi connectivity index (χ1v) is 7.69. The fourth-order valence-corrected chi connectivity index (χ4v) is 2.12. The van der Waals surface area contributed by atoms with E-state index in [9.17, 15) is 14.7 Å². The molecule has 2 aromatic carbocycles. The molecule has 136 valence electrons. The smallest absolute Gasteiger partial charge is 0.275 e. The van der Waals surface area contributed by atoms with Crippen LogP contribution in [0.2, 0.25) is 5.02 Å². The highest BCUT2D eigenvalue weighted by Gasteiger charge is 2.11. The maximum Gasteiger partial charge on any atom is 0.275 e. The van der Waals surface area contributed by atoms with E-state index in [1.165, 1.54) is 31.5 Å². The van der Waals surface area contributed by atoms with Crippen LogP contribution in [0.3, 0.4) is 0 Å². The van der Waals surface area contributed by atoms with Crippen molar-refractivity contribution in [3.63, 3.8) is 0 Å². The van der Waals surface area contributed by atoms with Gasteiger partial charge in [-0.05, 0) is 42.0 Å². The second-order valence-electron chi connectivity index (χ2n) is 5.03. The van der Waals surface area contributed by atoms with Gasteiger partial charge in [0.15, 0.2) is 18.1 Å². The Morgan fingerprint density at radius 3 is 2.73 bits per heavy atom. The van der Waals surface area contributed by atoms with Crippen LogP contribution in [0.25, 0.3) is 0 Å². The predicted molar refractivity (Wildman–Crippen MR) is 95.9 cm³/mol. The molecule has 0 fully saturated rings. The maximum atomic E-state index is 12.0. The summed E-state index contributed by atoms with van der Waals surface area (Å²) in [6.07, 6.45) is 1.37. The van der Waals surface area contributed by atoms with Gasteiger partial charge in [0.2, 0.25) is 0 Å². The summed E-state index contributed by atoms with van der Waals surface area (Å²) < 4.78 is 10.4. The van der Waals surface area contributed by atoms with E-state index in [1.54, 1.807) is 18.2 Å². The maximum absolute atomic E-state index is 12.0. The molecule has 0 unspecified atom stereocenters. The van der Waals surface area contributed by atoms with E-state index in [-0.39, 0.29) is 17.9 Å². The lowest BCUT2D eigenvalue weighted by Crippen LogP contribution is -2.20. The molecule has 2 aromatic rings. The fourth-order valence-electron chi connectivity index (χ4n) is 1.95. The molecule has 0 saturated carbocycles. The van der Waals surface area contributed by atoms with Crippen molar-refractivity contribution in [3.05, 3.63) is 52.5 Å². The molecule has 0 saturated heterocycles. The number of nitrogens with zero attached hydrogens (tertiary/aromatic N) is 1. The van der Waals surface area contributed by atoms with Crippen molar-refractivity contribution in [2.45, 2.75) is 0 Å². The normalized spacial score (nSPS) is 10.5. The lowest BCUT2D eigenvalue weighted by Gasteiger charge is -2.09. The number of halogens is 1. The van der Waals surface area contributed by atoms with E-state index in [1.807, 2.05) is 0 Å². The van der Waals surface area contributed by atoms with Gasteiger partial charge < -0.3 is 20.3 Å². The molecular formula is C17H16ClN3O5. The molecule has 0 bridgehead atoms. The van der Waals surface area contributed by atoms with Gasteiger partial charge in [0.25, 0.3) is 11.8 Å². The zero-order valence-electron chi connectivity index (χ0n) is 13.7. The number of hydrazone groups is 1. The Bertz CT molecular complexity index is 854. The second kappa shape index (κ2) is 8.72.